The number of nitrogens with zero attached hydrogens (tertiary/aromatic N) is 1. The van der Waals surface area contributed by atoms with E-state index in [-0.39, 0.29) is 17.9 Å². The first kappa shape index (κ1) is 24.4. The molecule has 2 atom stereocenters. The van der Waals surface area contributed by atoms with Gasteiger partial charge in [0.1, 0.15) is 11.8 Å². The van der Waals surface area contributed by atoms with Crippen LogP contribution in [0, 0.1) is 6.92 Å². The van der Waals surface area contributed by atoms with Gasteiger partial charge in [-0.25, -0.2) is 0 Å². The molecule has 5 heteroatoms. The number of nitrogens with one attached hydrogen (secondary N) is 1. The van der Waals surface area contributed by atoms with Crippen molar-refractivity contribution < 1.29 is 14.3 Å². The van der Waals surface area contributed by atoms with Gasteiger partial charge < -0.3 is 15.0 Å². The van der Waals surface area contributed by atoms with Gasteiger partial charge >= 0.3 is 0 Å². The normalized spacial score (nSPS) is 12.6. The first-order chi connectivity index (χ1) is 14.9. The number of benzene rings is 2. The Morgan fingerprint density at radius 3 is 2.29 bits per heavy atom. The Morgan fingerprint density at radius 2 is 1.68 bits per heavy atom. The molecular weight excluding hydrogens is 388 g/mol. The Kier molecular flexibility index (Phi) is 10.1. The van der Waals surface area contributed by atoms with Gasteiger partial charge in [-0.3, -0.25) is 9.59 Å². The van der Waals surface area contributed by atoms with Crippen molar-refractivity contribution >= 4 is 11.8 Å². The molecule has 0 aromatic heterocycles. The summed E-state index contributed by atoms with van der Waals surface area (Å²) < 4.78 is 5.72. The lowest BCUT2D eigenvalue weighted by Gasteiger charge is -2.31. The van der Waals surface area contributed by atoms with Crippen molar-refractivity contribution in [2.45, 2.75) is 72.0 Å². The van der Waals surface area contributed by atoms with Gasteiger partial charge in [-0.05, 0) is 50.8 Å². The molecule has 0 aliphatic rings. The van der Waals surface area contributed by atoms with Gasteiger partial charge in [-0.1, -0.05) is 61.9 Å². The second-order valence-electron chi connectivity index (χ2n) is 8.01. The van der Waals surface area contributed by atoms with Gasteiger partial charge in [-0.2, -0.15) is 0 Å². The van der Waals surface area contributed by atoms with Crippen LogP contribution in [-0.4, -0.2) is 35.4 Å². The molecule has 0 saturated heterocycles. The molecule has 168 valence electrons. The molecule has 0 radical (unpaired) electrons. The SMILES string of the molecule is CC[C@@H](C)NC(=O)[C@@H](CC)N(Cc1ccc(C)cc1)C(=O)CCCOc1ccccc1. The maximum atomic E-state index is 13.2. The van der Waals surface area contributed by atoms with Crippen LogP contribution in [0.2, 0.25) is 0 Å². The van der Waals surface area contributed by atoms with Crippen LogP contribution in [-0.2, 0) is 16.1 Å². The molecule has 2 rings (SSSR count). The highest BCUT2D eigenvalue weighted by atomic mass is 16.5. The Hall–Kier alpha value is -2.82. The van der Waals surface area contributed by atoms with Crippen molar-refractivity contribution in [1.82, 2.24) is 10.2 Å². The van der Waals surface area contributed by atoms with Gasteiger partial charge in [0.15, 0.2) is 0 Å². The van der Waals surface area contributed by atoms with Crippen LogP contribution >= 0.6 is 0 Å². The zero-order valence-electron chi connectivity index (χ0n) is 19.3. The number of para-hydroxylation sites is 1. The van der Waals surface area contributed by atoms with Gasteiger partial charge in [0, 0.05) is 19.0 Å². The quantitative estimate of drug-likeness (QED) is 0.494. The Bertz CT molecular complexity index is 805. The number of carbonyl (C=O) groups excluding carboxylic acids is 2. The minimum atomic E-state index is -0.488. The lowest BCUT2D eigenvalue weighted by molar-refractivity contribution is -0.141. The number of ether oxygens (including phenoxy) is 1. The molecule has 5 nitrogen and oxygen atoms in total. The zero-order chi connectivity index (χ0) is 22.6. The predicted octanol–water partition coefficient (Wildman–Crippen LogP) is 4.88. The molecule has 2 aromatic rings. The molecule has 31 heavy (non-hydrogen) atoms. The summed E-state index contributed by atoms with van der Waals surface area (Å²) in [5.74, 6) is 0.687. The van der Waals surface area contributed by atoms with E-state index in [1.165, 1.54) is 5.56 Å². The first-order valence-corrected chi connectivity index (χ1v) is 11.3. The summed E-state index contributed by atoms with van der Waals surface area (Å²) in [5.41, 5.74) is 2.19. The Balaban J connectivity index is 2.06. The Morgan fingerprint density at radius 1 is 1.00 bits per heavy atom. The van der Waals surface area contributed by atoms with E-state index in [0.717, 1.165) is 17.7 Å². The average molecular weight is 425 g/mol. The number of hydrogen-bond donors (Lipinski definition) is 1. The molecule has 0 aliphatic carbocycles. The number of amides is 2. The van der Waals surface area contributed by atoms with E-state index in [9.17, 15) is 9.59 Å². The summed E-state index contributed by atoms with van der Waals surface area (Å²) in [5, 5.41) is 3.04. The fourth-order valence-electron chi connectivity index (χ4n) is 3.32. The number of carbonyl (C=O) groups is 2. The van der Waals surface area contributed by atoms with Crippen molar-refractivity contribution in [1.29, 1.82) is 0 Å². The van der Waals surface area contributed by atoms with Gasteiger partial charge in [-0.15, -0.1) is 0 Å². The van der Waals surface area contributed by atoms with Crippen LogP contribution in [0.3, 0.4) is 0 Å². The number of rotatable bonds is 12. The molecular formula is C26H36N2O3. The number of aryl methyl sites for hydroxylation is 1. The van der Waals surface area contributed by atoms with Crippen molar-refractivity contribution in [3.63, 3.8) is 0 Å². The van der Waals surface area contributed by atoms with Crippen LogP contribution in [0.4, 0.5) is 0 Å². The largest absolute Gasteiger partial charge is 0.494 e. The van der Waals surface area contributed by atoms with Crippen LogP contribution < -0.4 is 10.1 Å². The zero-order valence-corrected chi connectivity index (χ0v) is 19.3. The van der Waals surface area contributed by atoms with E-state index in [4.69, 9.17) is 4.74 Å². The minimum absolute atomic E-state index is 0.0246. The number of hydrogen-bond acceptors (Lipinski definition) is 3. The van der Waals surface area contributed by atoms with E-state index < -0.39 is 6.04 Å². The molecule has 0 bridgehead atoms. The average Bonchev–Trinajstić information content (AvgIpc) is 2.78. The molecule has 0 unspecified atom stereocenters. The molecule has 2 aromatic carbocycles. The van der Waals surface area contributed by atoms with Gasteiger partial charge in [0.25, 0.3) is 0 Å². The third-order valence-electron chi connectivity index (χ3n) is 5.41. The monoisotopic (exact) mass is 424 g/mol. The summed E-state index contributed by atoms with van der Waals surface area (Å²) in [4.78, 5) is 27.8. The van der Waals surface area contributed by atoms with Crippen molar-refractivity contribution in [2.75, 3.05) is 6.61 Å². The van der Waals surface area contributed by atoms with Crippen LogP contribution in [0.1, 0.15) is 57.6 Å². The van der Waals surface area contributed by atoms with Crippen molar-refractivity contribution in [2.24, 2.45) is 0 Å². The molecule has 0 spiro atoms. The second kappa shape index (κ2) is 12.8. The summed E-state index contributed by atoms with van der Waals surface area (Å²) in [6, 6.07) is 17.3. The smallest absolute Gasteiger partial charge is 0.243 e. The summed E-state index contributed by atoms with van der Waals surface area (Å²) >= 11 is 0. The second-order valence-corrected chi connectivity index (χ2v) is 8.01. The Labute approximate surface area is 186 Å². The maximum Gasteiger partial charge on any atom is 0.243 e. The van der Waals surface area contributed by atoms with E-state index in [1.807, 2.05) is 82.3 Å². The topological polar surface area (TPSA) is 58.6 Å². The van der Waals surface area contributed by atoms with Crippen LogP contribution in [0.25, 0.3) is 0 Å². The fraction of sp³-hybridized carbons (Fsp3) is 0.462. The van der Waals surface area contributed by atoms with Crippen LogP contribution in [0.15, 0.2) is 54.6 Å². The highest BCUT2D eigenvalue weighted by Gasteiger charge is 2.28. The third kappa shape index (κ3) is 8.08. The molecule has 0 saturated carbocycles. The standard InChI is InChI=1S/C26H36N2O3/c1-5-21(4)27-26(30)24(6-2)28(19-22-16-14-20(3)15-17-22)25(29)13-10-18-31-23-11-8-7-9-12-23/h7-9,11-12,14-17,21,24H,5-6,10,13,18-19H2,1-4H3,(H,27,30)/t21-,24-/m1/s1. The van der Waals surface area contributed by atoms with Crippen molar-refractivity contribution in [3.8, 4) is 5.75 Å². The van der Waals surface area contributed by atoms with E-state index in [0.29, 0.717) is 32.4 Å². The van der Waals surface area contributed by atoms with Gasteiger partial charge in [0.2, 0.25) is 11.8 Å². The highest BCUT2D eigenvalue weighted by molar-refractivity contribution is 5.87. The lowest BCUT2D eigenvalue weighted by atomic mass is 10.1. The van der Waals surface area contributed by atoms with E-state index in [1.54, 1.807) is 4.90 Å². The third-order valence-corrected chi connectivity index (χ3v) is 5.41. The molecule has 2 amide bonds. The van der Waals surface area contributed by atoms with E-state index in [2.05, 4.69) is 5.32 Å². The maximum absolute atomic E-state index is 13.2. The summed E-state index contributed by atoms with van der Waals surface area (Å²) in [7, 11) is 0. The molecule has 1 N–H and O–H groups in total. The molecule has 0 heterocycles. The van der Waals surface area contributed by atoms with Gasteiger partial charge in [0.05, 0.1) is 6.61 Å². The lowest BCUT2D eigenvalue weighted by Crippen LogP contribution is -2.50. The minimum Gasteiger partial charge on any atom is -0.494 e. The predicted molar refractivity (Wildman–Crippen MR) is 125 cm³/mol. The van der Waals surface area contributed by atoms with Crippen LogP contribution in [0.5, 0.6) is 5.75 Å². The van der Waals surface area contributed by atoms with E-state index >= 15 is 0 Å². The molecule has 0 aliphatic heterocycles. The summed E-state index contributed by atoms with van der Waals surface area (Å²) in [6.45, 7) is 8.89. The fourth-order valence-corrected chi connectivity index (χ4v) is 3.32. The highest BCUT2D eigenvalue weighted by Crippen LogP contribution is 2.16. The van der Waals surface area contributed by atoms with Crippen molar-refractivity contribution in [3.05, 3.63) is 65.7 Å². The first-order valence-electron chi connectivity index (χ1n) is 11.3. The summed E-state index contributed by atoms with van der Waals surface area (Å²) in [6.07, 6.45) is 2.36. The molecule has 0 fully saturated rings.